The van der Waals surface area contributed by atoms with Crippen molar-refractivity contribution in [2.75, 3.05) is 38.8 Å². The molecule has 0 bridgehead atoms. The van der Waals surface area contributed by atoms with Crippen LogP contribution in [0.3, 0.4) is 0 Å². The fourth-order valence-corrected chi connectivity index (χ4v) is 9.25. The molecule has 1 N–H and O–H groups in total. The molecule has 16 heteroatoms. The average molecular weight is 909 g/mol. The summed E-state index contributed by atoms with van der Waals surface area (Å²) < 4.78 is 60.4. The van der Waals surface area contributed by atoms with Gasteiger partial charge in [-0.1, -0.05) is 36.4 Å². The number of nitrogens with one attached hydrogen (secondary N) is 1. The highest BCUT2D eigenvalue weighted by atomic mass is 32.2. The molecule has 0 aliphatic carbocycles. The molecule has 14 nitrogen and oxygen atoms in total. The summed E-state index contributed by atoms with van der Waals surface area (Å²) in [4.78, 5) is 30.1. The molecule has 0 saturated carbocycles. The Morgan fingerprint density at radius 2 is 1.03 bits per heavy atom. The first-order valence-electron chi connectivity index (χ1n) is 20.7. The van der Waals surface area contributed by atoms with Crippen molar-refractivity contribution >= 4 is 53.3 Å². The molecule has 0 saturated heterocycles. The van der Waals surface area contributed by atoms with Gasteiger partial charge < -0.3 is 19.3 Å². The Balaban J connectivity index is 0.000000164. The van der Waals surface area contributed by atoms with Crippen LogP contribution in [0.5, 0.6) is 11.5 Å². The van der Waals surface area contributed by atoms with Crippen molar-refractivity contribution in [3.8, 4) is 33.8 Å². The lowest BCUT2D eigenvalue weighted by atomic mass is 10.0. The van der Waals surface area contributed by atoms with Crippen molar-refractivity contribution in [2.24, 2.45) is 7.05 Å². The van der Waals surface area contributed by atoms with Gasteiger partial charge in [-0.3, -0.25) is 19.4 Å². The third kappa shape index (κ3) is 9.21. The summed E-state index contributed by atoms with van der Waals surface area (Å²) in [5.41, 5.74) is 8.92. The van der Waals surface area contributed by atoms with Gasteiger partial charge in [0.05, 0.1) is 46.3 Å². The molecular formula is C49H44N6O8S2. The van der Waals surface area contributed by atoms with Crippen LogP contribution in [0.4, 0.5) is 0 Å². The number of H-pyrrole nitrogens is 1. The quantitative estimate of drug-likeness (QED) is 0.178. The molecule has 4 heterocycles. The van der Waals surface area contributed by atoms with E-state index < -0.39 is 19.7 Å². The monoisotopic (exact) mass is 908 g/mol. The molecule has 2 aliphatic rings. The number of carbonyl (C=O) groups is 2. The van der Waals surface area contributed by atoms with E-state index in [1.54, 1.807) is 40.3 Å². The van der Waals surface area contributed by atoms with Crippen LogP contribution in [0, 0.1) is 0 Å². The first-order valence-corrected chi connectivity index (χ1v) is 24.5. The Bertz CT molecular complexity index is 3350. The molecule has 330 valence electrons. The summed E-state index contributed by atoms with van der Waals surface area (Å²) in [6.07, 6.45) is 5.93. The molecule has 0 atom stereocenters. The molecule has 0 radical (unpaired) electrons. The van der Waals surface area contributed by atoms with E-state index in [1.165, 1.54) is 24.3 Å². The Kier molecular flexibility index (Phi) is 11.5. The van der Waals surface area contributed by atoms with E-state index in [2.05, 4.69) is 39.6 Å². The summed E-state index contributed by atoms with van der Waals surface area (Å²) in [7, 11) is -4.70. The second kappa shape index (κ2) is 17.3. The van der Waals surface area contributed by atoms with Gasteiger partial charge in [0.25, 0.3) is 11.8 Å². The molecule has 2 aromatic heterocycles. The zero-order chi connectivity index (χ0) is 45.5. The van der Waals surface area contributed by atoms with Crippen molar-refractivity contribution in [1.29, 1.82) is 0 Å². The Morgan fingerprint density at radius 1 is 0.569 bits per heavy atom. The van der Waals surface area contributed by atoms with Gasteiger partial charge in [-0.05, 0) is 107 Å². The van der Waals surface area contributed by atoms with Crippen LogP contribution in [-0.2, 0) is 39.8 Å². The van der Waals surface area contributed by atoms with Gasteiger partial charge in [-0.2, -0.15) is 10.2 Å². The van der Waals surface area contributed by atoms with Crippen LogP contribution in [0.25, 0.3) is 44.1 Å². The van der Waals surface area contributed by atoms with E-state index in [-0.39, 0.29) is 21.6 Å². The number of hydrogen-bond acceptors (Lipinski definition) is 10. The number of carbonyl (C=O) groups excluding carboxylic acids is 2. The fourth-order valence-electron chi connectivity index (χ4n) is 7.99. The van der Waals surface area contributed by atoms with Crippen LogP contribution in [-0.4, -0.2) is 97.2 Å². The SMILES string of the molecule is CS(=O)(=O)c1ccc(C(=O)N2CCOc3ccc(-c4ccc5cn[nH]c5c4)cc3C2)cc1.Cn1ncc2ccc(-c3ccc4c(c3)CN(C(=O)c3ccc(S(C)(=O)=O)cc3)CCO4)cc21. The third-order valence-corrected chi connectivity index (χ3v) is 13.8. The zero-order valence-corrected chi connectivity index (χ0v) is 37.4. The number of ether oxygens (including phenoxy) is 2. The molecule has 0 spiro atoms. The van der Waals surface area contributed by atoms with E-state index in [4.69, 9.17) is 9.47 Å². The number of fused-ring (bicyclic) bond motifs is 4. The van der Waals surface area contributed by atoms with E-state index in [1.807, 2.05) is 66.5 Å². The van der Waals surface area contributed by atoms with Gasteiger partial charge in [-0.15, -0.1) is 0 Å². The van der Waals surface area contributed by atoms with Crippen LogP contribution in [0.15, 0.2) is 144 Å². The number of rotatable bonds is 6. The number of nitrogens with zero attached hydrogens (tertiary/aromatic N) is 5. The minimum atomic E-state index is -3.31. The van der Waals surface area contributed by atoms with E-state index in [0.29, 0.717) is 50.5 Å². The van der Waals surface area contributed by atoms with Crippen LogP contribution >= 0.6 is 0 Å². The predicted molar refractivity (Wildman–Crippen MR) is 247 cm³/mol. The highest BCUT2D eigenvalue weighted by Gasteiger charge is 2.24. The maximum atomic E-state index is 13.1. The molecule has 2 aliphatic heterocycles. The molecule has 10 rings (SSSR count). The number of hydrogen-bond donors (Lipinski definition) is 1. The average Bonchev–Trinajstić information content (AvgIpc) is 3.78. The summed E-state index contributed by atoms with van der Waals surface area (Å²) >= 11 is 0. The molecule has 0 unspecified atom stereocenters. The summed E-state index contributed by atoms with van der Waals surface area (Å²) in [6.45, 7) is 2.47. The molecular weight excluding hydrogens is 865 g/mol. The van der Waals surface area contributed by atoms with Gasteiger partial charge in [0, 0.05) is 65.7 Å². The molecule has 2 amide bonds. The Labute approximate surface area is 375 Å². The van der Waals surface area contributed by atoms with Crippen LogP contribution in [0.1, 0.15) is 31.8 Å². The summed E-state index contributed by atoms with van der Waals surface area (Å²) in [6, 6.07) is 36.5. The lowest BCUT2D eigenvalue weighted by molar-refractivity contribution is 0.0726. The van der Waals surface area contributed by atoms with Crippen molar-refractivity contribution in [2.45, 2.75) is 22.9 Å². The maximum absolute atomic E-state index is 13.1. The first kappa shape index (κ1) is 43.0. The summed E-state index contributed by atoms with van der Waals surface area (Å²) in [5.74, 6) is 1.21. The third-order valence-electron chi connectivity index (χ3n) is 11.6. The number of aromatic amines is 1. The lowest BCUT2D eigenvalue weighted by Gasteiger charge is -2.20. The van der Waals surface area contributed by atoms with Crippen molar-refractivity contribution in [3.63, 3.8) is 0 Å². The van der Waals surface area contributed by atoms with Crippen LogP contribution < -0.4 is 9.47 Å². The van der Waals surface area contributed by atoms with E-state index >= 15 is 0 Å². The van der Waals surface area contributed by atoms with Gasteiger partial charge in [-0.25, -0.2) is 16.8 Å². The number of aryl methyl sites for hydroxylation is 1. The standard InChI is InChI=1S/C25H23N3O4S.C24H21N3O4S/c1-27-23-14-19(3-4-20(23)15-26-27)18-7-10-24-21(13-18)16-28(11-12-32-24)25(29)17-5-8-22(9-6-17)33(2,30)31;1-32(29,30)21-7-4-16(5-8-21)24(28)27-10-11-31-23-9-6-17(12-20(23)15-27)18-2-3-19-14-25-26-22(19)13-18/h3-10,13-15H,11-12,16H2,1-2H3;2-9,12-14H,10-11,15H2,1H3,(H,25,26). The molecule has 8 aromatic rings. The lowest BCUT2D eigenvalue weighted by Crippen LogP contribution is -2.32. The minimum absolute atomic E-state index is 0.159. The highest BCUT2D eigenvalue weighted by molar-refractivity contribution is 7.91. The minimum Gasteiger partial charge on any atom is -0.491 e. The van der Waals surface area contributed by atoms with Crippen molar-refractivity contribution < 1.29 is 35.9 Å². The molecule has 65 heavy (non-hydrogen) atoms. The zero-order valence-electron chi connectivity index (χ0n) is 35.8. The second-order valence-electron chi connectivity index (χ2n) is 16.1. The number of amides is 2. The van der Waals surface area contributed by atoms with Gasteiger partial charge >= 0.3 is 0 Å². The van der Waals surface area contributed by atoms with Crippen molar-refractivity contribution in [3.05, 3.63) is 156 Å². The highest BCUT2D eigenvalue weighted by Crippen LogP contribution is 2.33. The Morgan fingerprint density at radius 3 is 1.54 bits per heavy atom. The Hall–Kier alpha value is -7.30. The smallest absolute Gasteiger partial charge is 0.254 e. The normalized spacial score (nSPS) is 14.0. The van der Waals surface area contributed by atoms with Crippen LogP contribution in [0.2, 0.25) is 0 Å². The van der Waals surface area contributed by atoms with Gasteiger partial charge in [0.15, 0.2) is 19.7 Å². The number of benzene rings is 6. The molecule has 0 fully saturated rings. The van der Waals surface area contributed by atoms with Gasteiger partial charge in [0.2, 0.25) is 0 Å². The fraction of sp³-hybridized carbons (Fsp3) is 0.184. The molecule has 6 aromatic carbocycles. The van der Waals surface area contributed by atoms with Gasteiger partial charge in [0.1, 0.15) is 24.7 Å². The largest absolute Gasteiger partial charge is 0.491 e. The van der Waals surface area contributed by atoms with E-state index in [0.717, 1.165) is 79.2 Å². The van der Waals surface area contributed by atoms with Crippen molar-refractivity contribution in [1.82, 2.24) is 29.8 Å². The number of sulfone groups is 2. The summed E-state index contributed by atoms with van der Waals surface area (Å²) in [5, 5.41) is 13.5. The predicted octanol–water partition coefficient (Wildman–Crippen LogP) is 7.35. The maximum Gasteiger partial charge on any atom is 0.254 e. The first-order chi connectivity index (χ1) is 31.2. The number of aromatic nitrogens is 4. The topological polar surface area (TPSA) is 174 Å². The second-order valence-corrected chi connectivity index (χ2v) is 20.1. The van der Waals surface area contributed by atoms with E-state index in [9.17, 15) is 26.4 Å².